The molecule has 1 aliphatic heterocycles. The molecule has 0 amide bonds. The molecule has 1 aliphatic rings. The van der Waals surface area contributed by atoms with Gasteiger partial charge in [0.05, 0.1) is 19.3 Å². The van der Waals surface area contributed by atoms with Gasteiger partial charge in [-0.1, -0.05) is 20.8 Å². The standard InChI is InChI=1S/C10H21N3O/c1-4-5-12-9(11)13-8-6-14-7-10(8,2)3/h8H,4-7H2,1-3H3,(H3,11,12,13). The molecular formula is C10H21N3O. The number of guanidine groups is 1. The van der Waals surface area contributed by atoms with Gasteiger partial charge in [-0.3, -0.25) is 4.99 Å². The Morgan fingerprint density at radius 1 is 1.64 bits per heavy atom. The van der Waals surface area contributed by atoms with Crippen molar-refractivity contribution in [2.24, 2.45) is 16.1 Å². The maximum Gasteiger partial charge on any atom is 0.188 e. The van der Waals surface area contributed by atoms with Crippen molar-refractivity contribution in [3.05, 3.63) is 0 Å². The van der Waals surface area contributed by atoms with Gasteiger partial charge in [0, 0.05) is 12.0 Å². The van der Waals surface area contributed by atoms with Crippen molar-refractivity contribution in [1.82, 2.24) is 5.32 Å². The Balaban J connectivity index is 2.43. The lowest BCUT2D eigenvalue weighted by Gasteiger charge is -2.25. The summed E-state index contributed by atoms with van der Waals surface area (Å²) in [4.78, 5) is 4.20. The smallest absolute Gasteiger partial charge is 0.188 e. The van der Waals surface area contributed by atoms with E-state index in [2.05, 4.69) is 31.1 Å². The molecule has 1 fully saturated rings. The minimum Gasteiger partial charge on any atom is -0.379 e. The normalized spacial score (nSPS) is 26.5. The third-order valence-corrected chi connectivity index (χ3v) is 2.53. The number of nitrogens with zero attached hydrogens (tertiary/aromatic N) is 1. The van der Waals surface area contributed by atoms with Crippen molar-refractivity contribution in [3.8, 4) is 0 Å². The first-order valence-corrected chi connectivity index (χ1v) is 5.20. The maximum absolute atomic E-state index is 5.74. The van der Waals surface area contributed by atoms with Gasteiger partial charge in [-0.25, -0.2) is 0 Å². The first-order chi connectivity index (χ1) is 6.56. The first-order valence-electron chi connectivity index (χ1n) is 5.20. The van der Waals surface area contributed by atoms with E-state index in [9.17, 15) is 0 Å². The molecule has 14 heavy (non-hydrogen) atoms. The van der Waals surface area contributed by atoms with Gasteiger partial charge < -0.3 is 15.8 Å². The highest BCUT2D eigenvalue weighted by molar-refractivity contribution is 5.78. The van der Waals surface area contributed by atoms with E-state index in [1.54, 1.807) is 0 Å². The highest BCUT2D eigenvalue weighted by Crippen LogP contribution is 2.26. The second kappa shape index (κ2) is 4.64. The van der Waals surface area contributed by atoms with Crippen molar-refractivity contribution < 1.29 is 4.74 Å². The summed E-state index contributed by atoms with van der Waals surface area (Å²) in [7, 11) is 0. The zero-order chi connectivity index (χ0) is 10.6. The van der Waals surface area contributed by atoms with E-state index >= 15 is 0 Å². The largest absolute Gasteiger partial charge is 0.379 e. The number of nitrogens with one attached hydrogen (secondary N) is 1. The fourth-order valence-electron chi connectivity index (χ4n) is 1.46. The van der Waals surface area contributed by atoms with Crippen LogP contribution in [-0.4, -0.2) is 31.8 Å². The number of hydrogen-bond acceptors (Lipinski definition) is 2. The Bertz CT molecular complexity index is 213. The fourth-order valence-corrected chi connectivity index (χ4v) is 1.46. The van der Waals surface area contributed by atoms with Crippen molar-refractivity contribution in [2.75, 3.05) is 19.8 Å². The zero-order valence-electron chi connectivity index (χ0n) is 9.34. The summed E-state index contributed by atoms with van der Waals surface area (Å²) >= 11 is 0. The van der Waals surface area contributed by atoms with Gasteiger partial charge in [-0.2, -0.15) is 0 Å². The van der Waals surface area contributed by atoms with Crippen LogP contribution in [0, 0.1) is 5.41 Å². The van der Waals surface area contributed by atoms with Gasteiger partial charge in [0.1, 0.15) is 0 Å². The maximum atomic E-state index is 5.74. The summed E-state index contributed by atoms with van der Waals surface area (Å²) < 4.78 is 5.40. The van der Waals surface area contributed by atoms with Gasteiger partial charge in [0.15, 0.2) is 5.96 Å². The average Bonchev–Trinajstić information content (AvgIpc) is 2.43. The number of rotatable bonds is 3. The highest BCUT2D eigenvalue weighted by Gasteiger charge is 2.35. The predicted octanol–water partition coefficient (Wildman–Crippen LogP) is 0.726. The summed E-state index contributed by atoms with van der Waals surface area (Å²) in [5.41, 5.74) is 5.89. The molecule has 3 N–H and O–H groups in total. The van der Waals surface area contributed by atoms with Crippen LogP contribution in [0.2, 0.25) is 0 Å². The molecule has 0 aliphatic carbocycles. The molecule has 1 saturated heterocycles. The molecule has 4 nitrogen and oxygen atoms in total. The molecule has 1 atom stereocenters. The summed E-state index contributed by atoms with van der Waals surface area (Å²) in [6.45, 7) is 8.71. The number of ether oxygens (including phenoxy) is 1. The van der Waals surface area contributed by atoms with Gasteiger partial charge in [-0.05, 0) is 6.42 Å². The molecule has 0 radical (unpaired) electrons. The van der Waals surface area contributed by atoms with E-state index in [4.69, 9.17) is 10.5 Å². The Kier molecular flexibility index (Phi) is 3.75. The van der Waals surface area contributed by atoms with Gasteiger partial charge >= 0.3 is 0 Å². The number of hydrogen-bond donors (Lipinski definition) is 2. The molecule has 1 rings (SSSR count). The Morgan fingerprint density at radius 3 is 2.86 bits per heavy atom. The molecule has 0 aromatic carbocycles. The fraction of sp³-hybridized carbons (Fsp3) is 0.900. The van der Waals surface area contributed by atoms with E-state index in [1.807, 2.05) is 0 Å². The summed E-state index contributed by atoms with van der Waals surface area (Å²) in [6.07, 6.45) is 1.02. The van der Waals surface area contributed by atoms with Crippen LogP contribution in [0.5, 0.6) is 0 Å². The van der Waals surface area contributed by atoms with Gasteiger partial charge in [-0.15, -0.1) is 0 Å². The zero-order valence-corrected chi connectivity index (χ0v) is 9.34. The third kappa shape index (κ3) is 2.87. The van der Waals surface area contributed by atoms with E-state index in [0.29, 0.717) is 5.96 Å². The van der Waals surface area contributed by atoms with E-state index in [1.165, 1.54) is 0 Å². The molecule has 0 aromatic heterocycles. The average molecular weight is 199 g/mol. The molecule has 0 bridgehead atoms. The quantitative estimate of drug-likeness (QED) is 0.520. The van der Waals surface area contributed by atoms with Crippen molar-refractivity contribution in [1.29, 1.82) is 0 Å². The van der Waals surface area contributed by atoms with Crippen LogP contribution in [0.4, 0.5) is 0 Å². The molecule has 0 spiro atoms. The van der Waals surface area contributed by atoms with Crippen LogP contribution in [0.15, 0.2) is 4.99 Å². The Hall–Kier alpha value is -0.770. The van der Waals surface area contributed by atoms with Crippen molar-refractivity contribution >= 4 is 5.96 Å². The molecule has 1 heterocycles. The lowest BCUT2D eigenvalue weighted by atomic mass is 9.88. The summed E-state index contributed by atoms with van der Waals surface area (Å²) in [5, 5.41) is 3.21. The van der Waals surface area contributed by atoms with Crippen LogP contribution < -0.4 is 11.1 Å². The molecule has 82 valence electrons. The molecule has 4 heteroatoms. The van der Waals surface area contributed by atoms with E-state index < -0.39 is 0 Å². The minimum absolute atomic E-state index is 0.145. The predicted molar refractivity (Wildman–Crippen MR) is 58.3 cm³/mol. The third-order valence-electron chi connectivity index (χ3n) is 2.53. The van der Waals surface area contributed by atoms with Gasteiger partial charge in [0.25, 0.3) is 0 Å². The number of nitrogens with two attached hydrogens (primary N) is 1. The Labute approximate surface area is 85.9 Å². The first kappa shape index (κ1) is 11.3. The van der Waals surface area contributed by atoms with Crippen molar-refractivity contribution in [2.45, 2.75) is 33.2 Å². The monoisotopic (exact) mass is 199 g/mol. The minimum atomic E-state index is 0.145. The lowest BCUT2D eigenvalue weighted by molar-refractivity contribution is 0.166. The second-order valence-electron chi connectivity index (χ2n) is 4.47. The van der Waals surface area contributed by atoms with Crippen LogP contribution in [0.25, 0.3) is 0 Å². The molecule has 0 saturated carbocycles. The molecule has 0 aromatic rings. The van der Waals surface area contributed by atoms with Crippen LogP contribution >= 0.6 is 0 Å². The summed E-state index contributed by atoms with van der Waals surface area (Å²) in [5.74, 6) is 0.537. The lowest BCUT2D eigenvalue weighted by Crippen LogP contribution is -2.47. The summed E-state index contributed by atoms with van der Waals surface area (Å²) in [6, 6.07) is 0.281. The SMILES string of the molecule is CCCN=C(N)NC1COCC1(C)C. The van der Waals surface area contributed by atoms with Gasteiger partial charge in [0.2, 0.25) is 0 Å². The van der Waals surface area contributed by atoms with Crippen LogP contribution in [-0.2, 0) is 4.74 Å². The number of aliphatic imine (C=N–C) groups is 1. The molecular weight excluding hydrogens is 178 g/mol. The second-order valence-corrected chi connectivity index (χ2v) is 4.47. The topological polar surface area (TPSA) is 59.6 Å². The molecule has 1 unspecified atom stereocenters. The van der Waals surface area contributed by atoms with E-state index in [0.717, 1.165) is 26.2 Å². The van der Waals surface area contributed by atoms with Crippen LogP contribution in [0.3, 0.4) is 0 Å². The van der Waals surface area contributed by atoms with E-state index in [-0.39, 0.29) is 11.5 Å². The highest BCUT2D eigenvalue weighted by atomic mass is 16.5. The Morgan fingerprint density at radius 2 is 2.36 bits per heavy atom. The van der Waals surface area contributed by atoms with Crippen LogP contribution in [0.1, 0.15) is 27.2 Å². The van der Waals surface area contributed by atoms with Crippen molar-refractivity contribution in [3.63, 3.8) is 0 Å².